The molecule has 1 amide bonds. The van der Waals surface area contributed by atoms with Gasteiger partial charge >= 0.3 is 0 Å². The van der Waals surface area contributed by atoms with Gasteiger partial charge in [0, 0.05) is 50.4 Å². The Morgan fingerprint density at radius 2 is 1.94 bits per heavy atom. The van der Waals surface area contributed by atoms with Crippen LogP contribution in [0.1, 0.15) is 34.3 Å². The number of halogens is 1. The van der Waals surface area contributed by atoms with Crippen LogP contribution < -0.4 is 16.0 Å². The van der Waals surface area contributed by atoms with Crippen LogP contribution in [-0.2, 0) is 22.6 Å². The molecule has 6 N–H and O–H groups in total. The molecular formula is C24H28FN3O6. The van der Waals surface area contributed by atoms with Crippen LogP contribution in [0.15, 0.2) is 28.7 Å². The van der Waals surface area contributed by atoms with E-state index in [4.69, 9.17) is 5.73 Å². The lowest BCUT2D eigenvalue weighted by Gasteiger charge is -2.41. The smallest absolute Gasteiger partial charge is 0.255 e. The van der Waals surface area contributed by atoms with Gasteiger partial charge in [0.05, 0.1) is 11.5 Å². The molecule has 0 saturated heterocycles. The Labute approximate surface area is 195 Å². The maximum Gasteiger partial charge on any atom is 0.255 e. The molecule has 182 valence electrons. The average molecular weight is 474 g/mol. The summed E-state index contributed by atoms with van der Waals surface area (Å²) >= 11 is 0. The highest BCUT2D eigenvalue weighted by Crippen LogP contribution is 2.51. The molecule has 3 atom stereocenters. The molecule has 0 bridgehead atoms. The van der Waals surface area contributed by atoms with E-state index in [0.29, 0.717) is 24.0 Å². The number of allylic oxidation sites excluding steroid dienone is 3. The fourth-order valence-corrected chi connectivity index (χ4v) is 5.57. The van der Waals surface area contributed by atoms with E-state index in [9.17, 15) is 34.1 Å². The van der Waals surface area contributed by atoms with Gasteiger partial charge in [-0.15, -0.1) is 0 Å². The minimum atomic E-state index is -1.15. The number of nitrogens with two attached hydrogens (primary N) is 1. The number of phenolic OH excluding ortho intramolecular Hbond substituents is 1. The number of ketones is 2. The first-order chi connectivity index (χ1) is 16.1. The number of aliphatic hydroxyl groups is 2. The molecule has 0 aromatic heterocycles. The summed E-state index contributed by atoms with van der Waals surface area (Å²) in [6, 6.07) is 1.75. The number of fused-ring (bicyclic) bond motifs is 3. The summed E-state index contributed by atoms with van der Waals surface area (Å²) in [4.78, 5) is 40.1. The minimum Gasteiger partial charge on any atom is -0.511 e. The van der Waals surface area contributed by atoms with Gasteiger partial charge in [0.25, 0.3) is 5.91 Å². The third kappa shape index (κ3) is 3.62. The van der Waals surface area contributed by atoms with Crippen molar-refractivity contribution in [1.29, 1.82) is 0 Å². The second kappa shape index (κ2) is 8.75. The number of phenols is 1. The molecule has 3 aliphatic rings. The van der Waals surface area contributed by atoms with Crippen LogP contribution in [0.4, 0.5) is 10.1 Å². The Morgan fingerprint density at radius 3 is 2.56 bits per heavy atom. The van der Waals surface area contributed by atoms with Gasteiger partial charge in [-0.2, -0.15) is 0 Å². The number of benzene rings is 1. The topological polar surface area (TPSA) is 153 Å². The van der Waals surface area contributed by atoms with Crippen molar-refractivity contribution in [2.24, 2.45) is 23.5 Å². The Morgan fingerprint density at radius 1 is 1.24 bits per heavy atom. The monoisotopic (exact) mass is 473 g/mol. The summed E-state index contributed by atoms with van der Waals surface area (Å²) in [6.07, 6.45) is 0.670. The summed E-state index contributed by atoms with van der Waals surface area (Å²) in [7, 11) is 3.62. The lowest BCUT2D eigenvalue weighted by atomic mass is 9.62. The second-order valence-electron chi connectivity index (χ2n) is 9.27. The summed E-state index contributed by atoms with van der Waals surface area (Å²) in [6.45, 7) is -0.355. The van der Waals surface area contributed by atoms with Gasteiger partial charge < -0.3 is 31.3 Å². The molecule has 3 aliphatic carbocycles. The van der Waals surface area contributed by atoms with Gasteiger partial charge in [-0.3, -0.25) is 14.4 Å². The van der Waals surface area contributed by atoms with Crippen molar-refractivity contribution >= 4 is 23.2 Å². The van der Waals surface area contributed by atoms with Crippen LogP contribution in [0, 0.1) is 17.8 Å². The van der Waals surface area contributed by atoms with Crippen molar-refractivity contribution in [3.8, 4) is 5.75 Å². The number of carbonyl (C=O) groups excluding carboxylic acids is 3. The number of aliphatic hydroxyl groups excluding tert-OH is 2. The Balaban J connectivity index is 1.83. The normalized spacial score (nSPS) is 24.0. The van der Waals surface area contributed by atoms with Crippen molar-refractivity contribution in [2.45, 2.75) is 25.8 Å². The number of rotatable bonds is 6. The number of primary amides is 1. The van der Waals surface area contributed by atoms with Gasteiger partial charge in [0.2, 0.25) is 0 Å². The van der Waals surface area contributed by atoms with Crippen LogP contribution in [0.25, 0.3) is 0 Å². The van der Waals surface area contributed by atoms with E-state index in [1.807, 2.05) is 19.0 Å². The van der Waals surface area contributed by atoms with E-state index < -0.39 is 59.0 Å². The van der Waals surface area contributed by atoms with Gasteiger partial charge in [-0.1, -0.05) is 0 Å². The van der Waals surface area contributed by atoms with Crippen molar-refractivity contribution in [3.05, 3.63) is 45.4 Å². The maximum absolute atomic E-state index is 13.7. The largest absolute Gasteiger partial charge is 0.511 e. The fourth-order valence-electron chi connectivity index (χ4n) is 5.57. The third-order valence-electron chi connectivity index (χ3n) is 7.01. The van der Waals surface area contributed by atoms with E-state index >= 15 is 0 Å². The van der Waals surface area contributed by atoms with Gasteiger partial charge in [0.1, 0.15) is 29.5 Å². The van der Waals surface area contributed by atoms with E-state index in [2.05, 4.69) is 5.32 Å². The number of hydrogen-bond donors (Lipinski definition) is 5. The van der Waals surface area contributed by atoms with E-state index in [1.165, 1.54) is 0 Å². The number of carbonyl (C=O) groups is 3. The lowest BCUT2D eigenvalue weighted by molar-refractivity contribution is -0.126. The van der Waals surface area contributed by atoms with E-state index in [-0.39, 0.29) is 36.4 Å². The molecule has 0 spiro atoms. The summed E-state index contributed by atoms with van der Waals surface area (Å²) in [5.74, 6) is -5.60. The lowest BCUT2D eigenvalue weighted by Crippen LogP contribution is -2.43. The number of nitrogens with zero attached hydrogens (tertiary/aromatic N) is 1. The first-order valence-electron chi connectivity index (χ1n) is 11.1. The highest BCUT2D eigenvalue weighted by molar-refractivity contribution is 6.22. The van der Waals surface area contributed by atoms with Crippen molar-refractivity contribution < 1.29 is 34.1 Å². The first kappa shape index (κ1) is 23.7. The van der Waals surface area contributed by atoms with E-state index in [0.717, 1.165) is 5.69 Å². The first-order valence-corrected chi connectivity index (χ1v) is 11.1. The highest BCUT2D eigenvalue weighted by Gasteiger charge is 2.50. The number of anilines is 1. The van der Waals surface area contributed by atoms with Crippen LogP contribution in [0.2, 0.25) is 0 Å². The van der Waals surface area contributed by atoms with Gasteiger partial charge in [0.15, 0.2) is 11.6 Å². The van der Waals surface area contributed by atoms with E-state index in [1.54, 1.807) is 6.07 Å². The number of alkyl halides is 1. The Kier molecular flexibility index (Phi) is 6.11. The summed E-state index contributed by atoms with van der Waals surface area (Å²) < 4.78 is 12.5. The predicted octanol–water partition coefficient (Wildman–Crippen LogP) is 1.59. The zero-order valence-corrected chi connectivity index (χ0v) is 19.0. The zero-order valence-electron chi connectivity index (χ0n) is 19.0. The quantitative estimate of drug-likeness (QED) is 0.308. The van der Waals surface area contributed by atoms with Crippen molar-refractivity contribution in [3.63, 3.8) is 0 Å². The van der Waals surface area contributed by atoms with Gasteiger partial charge in [-0.05, 0) is 36.3 Å². The van der Waals surface area contributed by atoms with Crippen LogP contribution in [0.5, 0.6) is 5.75 Å². The molecule has 34 heavy (non-hydrogen) atoms. The molecule has 1 aromatic rings. The highest BCUT2D eigenvalue weighted by atomic mass is 19.1. The summed E-state index contributed by atoms with van der Waals surface area (Å²) in [5, 5.41) is 35.2. The molecule has 0 saturated carbocycles. The number of nitrogens with one attached hydrogen (secondary N) is 1. The maximum atomic E-state index is 13.7. The predicted molar refractivity (Wildman–Crippen MR) is 121 cm³/mol. The Bertz CT molecular complexity index is 1160. The SMILES string of the molecule is CN(C)c1cc(CNCCF)c(O)c2c1CC1CC3CC(O)=C(C(N)=O)C(=O)C3C(O)=C1C2=O. The number of hydrogen-bond acceptors (Lipinski definition) is 8. The molecule has 0 fully saturated rings. The molecule has 9 nitrogen and oxygen atoms in total. The van der Waals surface area contributed by atoms with Crippen LogP contribution in [0.3, 0.4) is 0 Å². The third-order valence-corrected chi connectivity index (χ3v) is 7.01. The van der Waals surface area contributed by atoms with Gasteiger partial charge in [-0.25, -0.2) is 4.39 Å². The van der Waals surface area contributed by atoms with Crippen molar-refractivity contribution in [1.82, 2.24) is 5.32 Å². The number of amides is 1. The molecule has 10 heteroatoms. The second-order valence-corrected chi connectivity index (χ2v) is 9.27. The zero-order chi connectivity index (χ0) is 24.9. The van der Waals surface area contributed by atoms with Crippen molar-refractivity contribution in [2.75, 3.05) is 32.2 Å². The average Bonchev–Trinajstić information content (AvgIpc) is 2.74. The molecule has 3 unspecified atom stereocenters. The van der Waals surface area contributed by atoms with Crippen LogP contribution in [-0.4, -0.2) is 60.1 Å². The molecular weight excluding hydrogens is 445 g/mol. The van der Waals surface area contributed by atoms with Crippen LogP contribution >= 0.6 is 0 Å². The fraction of sp³-hybridized carbons (Fsp3) is 0.458. The standard InChI is InChI=1S/C24H28FN3O6/c1-28(2)14-7-12(9-27-4-3-25)20(30)18-13(14)6-10-5-11-8-15(29)19(24(26)34)23(33)17(11)21(31)16(10)22(18)32/h7,10-11,17,27,29-31H,3-6,8-9H2,1-2H3,(H2,26,34). The Hall–Kier alpha value is -3.40. The summed E-state index contributed by atoms with van der Waals surface area (Å²) in [5.41, 5.74) is 6.57. The number of aromatic hydroxyl groups is 1. The molecule has 4 rings (SSSR count). The molecule has 1 aromatic carbocycles. The molecule has 0 radical (unpaired) electrons. The number of Topliss-reactive ketones (excluding diaryl/α,β-unsaturated/α-hetero) is 2. The molecule has 0 heterocycles. The molecule has 0 aliphatic heterocycles. The minimum absolute atomic E-state index is 0.00542.